The van der Waals surface area contributed by atoms with Crippen molar-refractivity contribution in [1.82, 2.24) is 0 Å². The van der Waals surface area contributed by atoms with E-state index in [0.717, 1.165) is 21.4 Å². The van der Waals surface area contributed by atoms with Crippen molar-refractivity contribution in [2.24, 2.45) is 0 Å². The zero-order chi connectivity index (χ0) is 11.7. The molecule has 0 spiro atoms. The molecule has 16 heavy (non-hydrogen) atoms. The van der Waals surface area contributed by atoms with Gasteiger partial charge in [-0.1, -0.05) is 6.07 Å². The van der Waals surface area contributed by atoms with Crippen molar-refractivity contribution in [3.8, 4) is 5.75 Å². The molecule has 0 aliphatic heterocycles. The van der Waals surface area contributed by atoms with Crippen LogP contribution >= 0.6 is 11.3 Å². The molecular weight excluding hydrogens is 224 g/mol. The molecule has 0 aliphatic carbocycles. The van der Waals surface area contributed by atoms with Crippen molar-refractivity contribution in [2.45, 2.75) is 13.8 Å². The summed E-state index contributed by atoms with van der Waals surface area (Å²) in [7, 11) is 0. The number of aromatic carboxylic acids is 1. The van der Waals surface area contributed by atoms with Crippen LogP contribution in [0, 0.1) is 6.92 Å². The van der Waals surface area contributed by atoms with E-state index in [-0.39, 0.29) is 0 Å². The summed E-state index contributed by atoms with van der Waals surface area (Å²) >= 11 is 1.29. The molecule has 1 heterocycles. The minimum Gasteiger partial charge on any atom is -0.493 e. The lowest BCUT2D eigenvalue weighted by atomic mass is 10.1. The number of carbonyl (C=O) groups is 1. The predicted molar refractivity (Wildman–Crippen MR) is 64.7 cm³/mol. The lowest BCUT2D eigenvalue weighted by molar-refractivity contribution is 0.0701. The molecule has 2 rings (SSSR count). The molecule has 1 aromatic carbocycles. The number of carboxylic acid groups (broad SMARTS) is 1. The first kappa shape index (κ1) is 11.0. The Bertz CT molecular complexity index is 542. The topological polar surface area (TPSA) is 46.5 Å². The van der Waals surface area contributed by atoms with Crippen molar-refractivity contribution in [2.75, 3.05) is 6.61 Å². The highest BCUT2D eigenvalue weighted by molar-refractivity contribution is 7.21. The standard InChI is InChI=1S/C12H12O3S/c1-3-15-8-5-4-6-9-10(8)7(2)11(16-9)12(13)14/h4-6H,3H2,1-2H3,(H,13,14). The van der Waals surface area contributed by atoms with Gasteiger partial charge in [0, 0.05) is 10.1 Å². The third-order valence-electron chi connectivity index (χ3n) is 2.41. The monoisotopic (exact) mass is 236 g/mol. The third-order valence-corrected chi connectivity index (χ3v) is 3.65. The molecule has 0 saturated heterocycles. The minimum absolute atomic E-state index is 0.391. The maximum absolute atomic E-state index is 11.0. The number of thiophene rings is 1. The Hall–Kier alpha value is -1.55. The quantitative estimate of drug-likeness (QED) is 0.889. The average molecular weight is 236 g/mol. The van der Waals surface area contributed by atoms with Gasteiger partial charge in [0.1, 0.15) is 10.6 Å². The maximum Gasteiger partial charge on any atom is 0.346 e. The number of rotatable bonds is 3. The summed E-state index contributed by atoms with van der Waals surface area (Å²) in [6.45, 7) is 4.32. The van der Waals surface area contributed by atoms with Crippen LogP contribution in [0.2, 0.25) is 0 Å². The molecule has 0 amide bonds. The summed E-state index contributed by atoms with van der Waals surface area (Å²) < 4.78 is 6.47. The van der Waals surface area contributed by atoms with E-state index in [9.17, 15) is 4.79 Å². The van der Waals surface area contributed by atoms with Crippen LogP contribution in [-0.4, -0.2) is 17.7 Å². The van der Waals surface area contributed by atoms with Crippen LogP contribution in [0.3, 0.4) is 0 Å². The number of benzene rings is 1. The van der Waals surface area contributed by atoms with Gasteiger partial charge in [-0.15, -0.1) is 11.3 Å². The highest BCUT2D eigenvalue weighted by Crippen LogP contribution is 2.36. The van der Waals surface area contributed by atoms with E-state index in [1.54, 1.807) is 0 Å². The van der Waals surface area contributed by atoms with Gasteiger partial charge in [-0.05, 0) is 31.5 Å². The highest BCUT2D eigenvalue weighted by atomic mass is 32.1. The Morgan fingerprint density at radius 1 is 1.50 bits per heavy atom. The van der Waals surface area contributed by atoms with Crippen molar-refractivity contribution in [3.05, 3.63) is 28.6 Å². The van der Waals surface area contributed by atoms with Gasteiger partial charge in [-0.2, -0.15) is 0 Å². The van der Waals surface area contributed by atoms with Crippen LogP contribution in [0.15, 0.2) is 18.2 Å². The summed E-state index contributed by atoms with van der Waals surface area (Å²) in [6, 6.07) is 5.67. The second kappa shape index (κ2) is 4.14. The third kappa shape index (κ3) is 1.65. The molecule has 0 saturated carbocycles. The van der Waals surface area contributed by atoms with Gasteiger partial charge in [-0.25, -0.2) is 4.79 Å². The smallest absolute Gasteiger partial charge is 0.346 e. The lowest BCUT2D eigenvalue weighted by Crippen LogP contribution is -1.95. The van der Waals surface area contributed by atoms with E-state index in [2.05, 4.69) is 0 Å². The predicted octanol–water partition coefficient (Wildman–Crippen LogP) is 3.31. The van der Waals surface area contributed by atoms with E-state index < -0.39 is 5.97 Å². The molecule has 0 unspecified atom stereocenters. The van der Waals surface area contributed by atoms with Gasteiger partial charge in [-0.3, -0.25) is 0 Å². The molecule has 0 fully saturated rings. The number of hydrogen-bond acceptors (Lipinski definition) is 3. The molecule has 0 aliphatic rings. The first-order valence-electron chi connectivity index (χ1n) is 5.03. The van der Waals surface area contributed by atoms with Crippen molar-refractivity contribution in [1.29, 1.82) is 0 Å². The van der Waals surface area contributed by atoms with E-state index in [0.29, 0.717) is 11.5 Å². The summed E-state index contributed by atoms with van der Waals surface area (Å²) in [6.07, 6.45) is 0. The van der Waals surface area contributed by atoms with Crippen molar-refractivity contribution < 1.29 is 14.6 Å². The van der Waals surface area contributed by atoms with E-state index >= 15 is 0 Å². The minimum atomic E-state index is -0.874. The lowest BCUT2D eigenvalue weighted by Gasteiger charge is -2.04. The highest BCUT2D eigenvalue weighted by Gasteiger charge is 2.16. The second-order valence-electron chi connectivity index (χ2n) is 3.42. The van der Waals surface area contributed by atoms with Crippen LogP contribution in [0.1, 0.15) is 22.2 Å². The molecule has 84 valence electrons. The fourth-order valence-electron chi connectivity index (χ4n) is 1.75. The molecule has 1 N–H and O–H groups in total. The fourth-order valence-corrected chi connectivity index (χ4v) is 2.81. The van der Waals surface area contributed by atoms with Crippen LogP contribution in [0.25, 0.3) is 10.1 Å². The van der Waals surface area contributed by atoms with Crippen LogP contribution < -0.4 is 4.74 Å². The van der Waals surface area contributed by atoms with E-state index in [1.165, 1.54) is 11.3 Å². The first-order chi connectivity index (χ1) is 7.65. The Balaban J connectivity index is 2.71. The number of aryl methyl sites for hydroxylation is 1. The van der Waals surface area contributed by atoms with Crippen LogP contribution in [-0.2, 0) is 0 Å². The summed E-state index contributed by atoms with van der Waals surface area (Å²) in [5.41, 5.74) is 0.788. The molecule has 0 atom stereocenters. The van der Waals surface area contributed by atoms with E-state index in [1.807, 2.05) is 32.0 Å². The molecule has 3 nitrogen and oxygen atoms in total. The van der Waals surface area contributed by atoms with E-state index in [4.69, 9.17) is 9.84 Å². The maximum atomic E-state index is 11.0. The van der Waals surface area contributed by atoms with Gasteiger partial charge in [0.2, 0.25) is 0 Å². The van der Waals surface area contributed by atoms with Gasteiger partial charge < -0.3 is 9.84 Å². The van der Waals surface area contributed by atoms with Gasteiger partial charge in [0.05, 0.1) is 6.61 Å². The number of ether oxygens (including phenoxy) is 1. The average Bonchev–Trinajstić information content (AvgIpc) is 2.58. The van der Waals surface area contributed by atoms with Gasteiger partial charge >= 0.3 is 5.97 Å². The molecule has 1 aromatic heterocycles. The summed E-state index contributed by atoms with van der Waals surface area (Å²) in [4.78, 5) is 11.4. The van der Waals surface area contributed by atoms with Crippen molar-refractivity contribution in [3.63, 3.8) is 0 Å². The number of fused-ring (bicyclic) bond motifs is 1. The summed E-state index contributed by atoms with van der Waals surface area (Å²) in [5.74, 6) is -0.109. The molecule has 0 radical (unpaired) electrons. The zero-order valence-corrected chi connectivity index (χ0v) is 9.93. The van der Waals surface area contributed by atoms with Crippen molar-refractivity contribution >= 4 is 27.4 Å². The Kier molecular flexibility index (Phi) is 2.83. The largest absolute Gasteiger partial charge is 0.493 e. The van der Waals surface area contributed by atoms with Crippen LogP contribution in [0.5, 0.6) is 5.75 Å². The second-order valence-corrected chi connectivity index (χ2v) is 4.48. The Morgan fingerprint density at radius 2 is 2.25 bits per heavy atom. The normalized spacial score (nSPS) is 10.6. The molecule has 0 bridgehead atoms. The molecule has 4 heteroatoms. The Morgan fingerprint density at radius 3 is 2.88 bits per heavy atom. The fraction of sp³-hybridized carbons (Fsp3) is 0.250. The summed E-state index contributed by atoms with van der Waals surface area (Å²) in [5, 5.41) is 9.98. The molecular formula is C12H12O3S. The first-order valence-corrected chi connectivity index (χ1v) is 5.85. The van der Waals surface area contributed by atoms with Crippen LogP contribution in [0.4, 0.5) is 0 Å². The Labute approximate surface area is 97.3 Å². The SMILES string of the molecule is CCOc1cccc2sc(C(=O)O)c(C)c12. The number of hydrogen-bond donors (Lipinski definition) is 1. The van der Waals surface area contributed by atoms with Gasteiger partial charge in [0.25, 0.3) is 0 Å². The zero-order valence-electron chi connectivity index (χ0n) is 9.11. The van der Waals surface area contributed by atoms with Gasteiger partial charge in [0.15, 0.2) is 0 Å². The number of carboxylic acids is 1. The molecule has 2 aromatic rings.